The van der Waals surface area contributed by atoms with Crippen LogP contribution >= 0.6 is 0 Å². The van der Waals surface area contributed by atoms with Crippen LogP contribution in [0.25, 0.3) is 0 Å². The lowest BCUT2D eigenvalue weighted by Crippen LogP contribution is -2.25. The van der Waals surface area contributed by atoms with Gasteiger partial charge in [-0.15, -0.1) is 0 Å². The molecule has 86 valence electrons. The molecule has 0 aliphatic heterocycles. The molecule has 0 N–H and O–H groups in total. The Morgan fingerprint density at radius 3 is 2.75 bits per heavy atom. The van der Waals surface area contributed by atoms with Crippen molar-refractivity contribution < 1.29 is 9.53 Å². The second-order valence-electron chi connectivity index (χ2n) is 4.62. The van der Waals surface area contributed by atoms with Crippen LogP contribution < -0.4 is 4.74 Å². The highest BCUT2D eigenvalue weighted by atomic mass is 16.5. The minimum absolute atomic E-state index is 0.0864. The van der Waals surface area contributed by atoms with Gasteiger partial charge in [0, 0.05) is 12.8 Å². The lowest BCUT2D eigenvalue weighted by Gasteiger charge is -2.22. The van der Waals surface area contributed by atoms with Crippen molar-refractivity contribution in [3.8, 4) is 5.75 Å². The molecule has 1 fully saturated rings. The summed E-state index contributed by atoms with van der Waals surface area (Å²) in [5.74, 6) is 1.22. The van der Waals surface area contributed by atoms with Gasteiger partial charge in [0.05, 0.1) is 0 Å². The summed E-state index contributed by atoms with van der Waals surface area (Å²) in [6.45, 7) is 4.16. The number of ketones is 1. The van der Waals surface area contributed by atoms with E-state index in [0.717, 1.165) is 25.0 Å². The second-order valence-corrected chi connectivity index (χ2v) is 4.62. The lowest BCUT2D eigenvalue weighted by molar-refractivity contribution is -0.122. The maximum atomic E-state index is 11.3. The molecular formula is C14H18O2. The maximum absolute atomic E-state index is 11.3. The van der Waals surface area contributed by atoms with Gasteiger partial charge in [0.1, 0.15) is 17.6 Å². The summed E-state index contributed by atoms with van der Waals surface area (Å²) >= 11 is 0. The molecule has 0 aromatic heterocycles. The molecule has 1 aromatic carbocycles. The highest BCUT2D eigenvalue weighted by molar-refractivity contribution is 5.79. The molecule has 2 rings (SSSR count). The Morgan fingerprint density at radius 2 is 2.06 bits per heavy atom. The van der Waals surface area contributed by atoms with Gasteiger partial charge in [-0.25, -0.2) is 0 Å². The van der Waals surface area contributed by atoms with Crippen molar-refractivity contribution in [1.29, 1.82) is 0 Å². The minimum atomic E-state index is 0.0864. The fourth-order valence-electron chi connectivity index (χ4n) is 2.07. The van der Waals surface area contributed by atoms with Gasteiger partial charge >= 0.3 is 0 Å². The van der Waals surface area contributed by atoms with Gasteiger partial charge in [-0.2, -0.15) is 0 Å². The van der Waals surface area contributed by atoms with E-state index in [-0.39, 0.29) is 6.10 Å². The number of ether oxygens (including phenoxy) is 1. The summed E-state index contributed by atoms with van der Waals surface area (Å²) in [7, 11) is 0. The predicted molar refractivity (Wildman–Crippen MR) is 63.8 cm³/mol. The molecule has 0 heterocycles. The number of hydrogen-bond donors (Lipinski definition) is 0. The summed E-state index contributed by atoms with van der Waals surface area (Å²) in [5.41, 5.74) is 2.51. The Labute approximate surface area is 96.6 Å². The Morgan fingerprint density at radius 1 is 1.25 bits per heavy atom. The number of aryl methyl sites for hydroxylation is 2. The summed E-state index contributed by atoms with van der Waals surface area (Å²) in [6, 6.07) is 6.10. The first kappa shape index (κ1) is 11.2. The largest absolute Gasteiger partial charge is 0.490 e. The SMILES string of the molecule is Cc1ccc(OC2CCCC(=O)C2)cc1C. The quantitative estimate of drug-likeness (QED) is 0.762. The Kier molecular flexibility index (Phi) is 3.28. The molecule has 16 heavy (non-hydrogen) atoms. The van der Waals surface area contributed by atoms with Crippen molar-refractivity contribution in [3.63, 3.8) is 0 Å². The third-order valence-corrected chi connectivity index (χ3v) is 3.22. The number of Topliss-reactive ketones (excluding diaryl/α,β-unsaturated/α-hetero) is 1. The van der Waals surface area contributed by atoms with Crippen molar-refractivity contribution in [3.05, 3.63) is 29.3 Å². The summed E-state index contributed by atoms with van der Waals surface area (Å²) in [6.07, 6.45) is 3.36. The van der Waals surface area contributed by atoms with Gasteiger partial charge in [0.2, 0.25) is 0 Å². The van der Waals surface area contributed by atoms with Crippen LogP contribution in [0.4, 0.5) is 0 Å². The Balaban J connectivity index is 2.03. The van der Waals surface area contributed by atoms with Crippen molar-refractivity contribution in [2.24, 2.45) is 0 Å². The molecule has 0 radical (unpaired) electrons. The number of rotatable bonds is 2. The minimum Gasteiger partial charge on any atom is -0.490 e. The van der Waals surface area contributed by atoms with Crippen LogP contribution in [-0.2, 0) is 4.79 Å². The third-order valence-electron chi connectivity index (χ3n) is 3.22. The number of carbonyl (C=O) groups excluding carboxylic acids is 1. The van der Waals surface area contributed by atoms with E-state index >= 15 is 0 Å². The van der Waals surface area contributed by atoms with E-state index < -0.39 is 0 Å². The van der Waals surface area contributed by atoms with Crippen molar-refractivity contribution in [1.82, 2.24) is 0 Å². The van der Waals surface area contributed by atoms with Gasteiger partial charge in [0.15, 0.2) is 0 Å². The molecule has 1 atom stereocenters. The van der Waals surface area contributed by atoms with Crippen molar-refractivity contribution >= 4 is 5.78 Å². The predicted octanol–water partition coefficient (Wildman–Crippen LogP) is 3.19. The van der Waals surface area contributed by atoms with E-state index in [1.165, 1.54) is 11.1 Å². The highest BCUT2D eigenvalue weighted by Gasteiger charge is 2.20. The molecule has 0 saturated heterocycles. The molecule has 1 aliphatic carbocycles. The van der Waals surface area contributed by atoms with Gasteiger partial charge in [0.25, 0.3) is 0 Å². The summed E-state index contributed by atoms with van der Waals surface area (Å²) in [4.78, 5) is 11.3. The van der Waals surface area contributed by atoms with Crippen LogP contribution in [0.3, 0.4) is 0 Å². The zero-order valence-electron chi connectivity index (χ0n) is 9.95. The molecule has 1 aliphatic rings. The van der Waals surface area contributed by atoms with Crippen LogP contribution in [0.1, 0.15) is 36.8 Å². The zero-order chi connectivity index (χ0) is 11.5. The lowest BCUT2D eigenvalue weighted by atomic mass is 9.96. The Hall–Kier alpha value is -1.31. The first-order valence-corrected chi connectivity index (χ1v) is 5.91. The van der Waals surface area contributed by atoms with E-state index in [9.17, 15) is 4.79 Å². The first-order valence-electron chi connectivity index (χ1n) is 5.91. The average molecular weight is 218 g/mol. The summed E-state index contributed by atoms with van der Waals surface area (Å²) in [5, 5.41) is 0. The molecule has 1 saturated carbocycles. The van der Waals surface area contributed by atoms with Gasteiger partial charge in [-0.3, -0.25) is 4.79 Å². The smallest absolute Gasteiger partial charge is 0.136 e. The Bertz CT molecular complexity index is 396. The monoisotopic (exact) mass is 218 g/mol. The standard InChI is InChI=1S/C14H18O2/c1-10-6-7-14(8-11(10)2)16-13-5-3-4-12(15)9-13/h6-8,13H,3-5,9H2,1-2H3. The van der Waals surface area contributed by atoms with Crippen molar-refractivity contribution in [2.75, 3.05) is 0 Å². The zero-order valence-corrected chi connectivity index (χ0v) is 9.95. The van der Waals surface area contributed by atoms with Crippen molar-refractivity contribution in [2.45, 2.75) is 45.6 Å². The fraction of sp³-hybridized carbons (Fsp3) is 0.500. The average Bonchev–Trinajstić information content (AvgIpc) is 2.24. The van der Waals surface area contributed by atoms with Gasteiger partial charge < -0.3 is 4.74 Å². The summed E-state index contributed by atoms with van der Waals surface area (Å²) < 4.78 is 5.84. The molecule has 1 unspecified atom stereocenters. The molecule has 2 heteroatoms. The van der Waals surface area contributed by atoms with Crippen LogP contribution in [0.15, 0.2) is 18.2 Å². The third kappa shape index (κ3) is 2.63. The highest BCUT2D eigenvalue weighted by Crippen LogP contribution is 2.23. The van der Waals surface area contributed by atoms with Gasteiger partial charge in [-0.1, -0.05) is 6.07 Å². The fourth-order valence-corrected chi connectivity index (χ4v) is 2.07. The number of benzene rings is 1. The molecule has 0 amide bonds. The van der Waals surface area contributed by atoms with E-state index in [2.05, 4.69) is 26.0 Å². The second kappa shape index (κ2) is 4.69. The van der Waals surface area contributed by atoms with Crippen LogP contribution in [0.5, 0.6) is 5.75 Å². The number of carbonyl (C=O) groups is 1. The van der Waals surface area contributed by atoms with E-state index in [1.807, 2.05) is 6.07 Å². The molecule has 0 spiro atoms. The molecule has 1 aromatic rings. The maximum Gasteiger partial charge on any atom is 0.136 e. The normalized spacial score (nSPS) is 20.9. The van der Waals surface area contributed by atoms with Crippen LogP contribution in [-0.4, -0.2) is 11.9 Å². The molecular weight excluding hydrogens is 200 g/mol. The van der Waals surface area contributed by atoms with E-state index in [0.29, 0.717) is 12.2 Å². The first-order chi connectivity index (χ1) is 7.65. The van der Waals surface area contributed by atoms with E-state index in [4.69, 9.17) is 4.74 Å². The molecule has 2 nitrogen and oxygen atoms in total. The topological polar surface area (TPSA) is 26.3 Å². The van der Waals surface area contributed by atoms with Crippen LogP contribution in [0.2, 0.25) is 0 Å². The van der Waals surface area contributed by atoms with E-state index in [1.54, 1.807) is 0 Å². The number of hydrogen-bond acceptors (Lipinski definition) is 2. The van der Waals surface area contributed by atoms with Crippen LogP contribution in [0, 0.1) is 13.8 Å². The molecule has 0 bridgehead atoms. The van der Waals surface area contributed by atoms with Gasteiger partial charge in [-0.05, 0) is 49.9 Å².